The summed E-state index contributed by atoms with van der Waals surface area (Å²) >= 11 is 1.95. The Morgan fingerprint density at radius 3 is 2.74 bits per heavy atom. The molecule has 3 nitrogen and oxygen atoms in total. The van der Waals surface area contributed by atoms with Crippen molar-refractivity contribution >= 4 is 11.8 Å². The van der Waals surface area contributed by atoms with Crippen LogP contribution in [0.2, 0.25) is 0 Å². The second kappa shape index (κ2) is 8.02. The molecule has 2 heterocycles. The van der Waals surface area contributed by atoms with Crippen LogP contribution in [-0.4, -0.2) is 46.7 Å². The highest BCUT2D eigenvalue weighted by Gasteiger charge is 2.24. The molecule has 1 N–H and O–H groups in total. The molecule has 0 saturated carbocycles. The van der Waals surface area contributed by atoms with Gasteiger partial charge in [-0.2, -0.15) is 16.9 Å². The molecule has 124 valence electrons. The number of rotatable bonds is 6. The van der Waals surface area contributed by atoms with Crippen molar-refractivity contribution < 1.29 is 0 Å². The Labute approximate surface area is 143 Å². The minimum Gasteiger partial charge on any atom is -0.303 e. The Balaban J connectivity index is 1.66. The maximum atomic E-state index is 4.35. The Hall–Kier alpha value is -1.26. The Bertz CT molecular complexity index is 615. The van der Waals surface area contributed by atoms with Gasteiger partial charge in [-0.1, -0.05) is 24.3 Å². The lowest BCUT2D eigenvalue weighted by molar-refractivity contribution is 0.212. The van der Waals surface area contributed by atoms with Crippen LogP contribution in [0.4, 0.5) is 0 Å². The van der Waals surface area contributed by atoms with Crippen LogP contribution in [0.5, 0.6) is 0 Å². The lowest BCUT2D eigenvalue weighted by Gasteiger charge is -2.32. The Kier molecular flexibility index (Phi) is 5.79. The fourth-order valence-electron chi connectivity index (χ4n) is 3.57. The molecule has 1 saturated heterocycles. The minimum atomic E-state index is 0.615. The first-order chi connectivity index (χ1) is 11.3. The summed E-state index contributed by atoms with van der Waals surface area (Å²) in [6.45, 7) is 5.86. The van der Waals surface area contributed by atoms with Gasteiger partial charge < -0.3 is 4.90 Å². The van der Waals surface area contributed by atoms with E-state index in [1.54, 1.807) is 0 Å². The van der Waals surface area contributed by atoms with Crippen molar-refractivity contribution in [3.8, 4) is 11.1 Å². The molecule has 2 aromatic rings. The van der Waals surface area contributed by atoms with Crippen molar-refractivity contribution in [3.63, 3.8) is 0 Å². The average molecular weight is 330 g/mol. The number of likely N-dealkylation sites (tertiary alicyclic amines) is 1. The zero-order valence-electron chi connectivity index (χ0n) is 14.2. The van der Waals surface area contributed by atoms with Crippen LogP contribution in [0.1, 0.15) is 36.4 Å². The van der Waals surface area contributed by atoms with Gasteiger partial charge in [-0.25, -0.2) is 0 Å². The van der Waals surface area contributed by atoms with Crippen molar-refractivity contribution in [2.45, 2.75) is 32.1 Å². The predicted octanol–water partition coefficient (Wildman–Crippen LogP) is 4.32. The molecule has 1 aromatic heterocycles. The van der Waals surface area contributed by atoms with Gasteiger partial charge in [0.25, 0.3) is 0 Å². The number of aromatic nitrogens is 2. The number of nitrogens with one attached hydrogen (secondary N) is 1. The highest BCUT2D eigenvalue weighted by molar-refractivity contribution is 7.98. The summed E-state index contributed by atoms with van der Waals surface area (Å²) < 4.78 is 0. The van der Waals surface area contributed by atoms with E-state index in [0.717, 1.165) is 0 Å². The minimum absolute atomic E-state index is 0.615. The molecule has 1 aliphatic rings. The summed E-state index contributed by atoms with van der Waals surface area (Å²) in [5, 5.41) is 7.65. The number of hydrogen-bond acceptors (Lipinski definition) is 3. The molecule has 23 heavy (non-hydrogen) atoms. The smallest absolute Gasteiger partial charge is 0.0568 e. The molecule has 0 unspecified atom stereocenters. The maximum absolute atomic E-state index is 4.35. The monoisotopic (exact) mass is 329 g/mol. The van der Waals surface area contributed by atoms with Gasteiger partial charge in [-0.05, 0) is 69.0 Å². The van der Waals surface area contributed by atoms with Gasteiger partial charge >= 0.3 is 0 Å². The molecule has 0 atom stereocenters. The third kappa shape index (κ3) is 3.99. The molecule has 1 fully saturated rings. The predicted molar refractivity (Wildman–Crippen MR) is 100 cm³/mol. The number of aromatic amines is 1. The zero-order valence-corrected chi connectivity index (χ0v) is 15.0. The van der Waals surface area contributed by atoms with E-state index in [1.807, 2.05) is 18.0 Å². The van der Waals surface area contributed by atoms with Crippen molar-refractivity contribution in [2.75, 3.05) is 31.6 Å². The van der Waals surface area contributed by atoms with Crippen molar-refractivity contribution in [3.05, 3.63) is 41.7 Å². The largest absolute Gasteiger partial charge is 0.303 e. The Morgan fingerprint density at radius 1 is 1.22 bits per heavy atom. The van der Waals surface area contributed by atoms with Crippen LogP contribution in [-0.2, 0) is 0 Å². The number of hydrogen-bond donors (Lipinski definition) is 1. The number of aryl methyl sites for hydroxylation is 1. The SMILES string of the molecule is CSCCCN1CCC(c2[nH]ncc2-c2ccccc2C)CC1. The van der Waals surface area contributed by atoms with E-state index in [2.05, 4.69) is 52.5 Å². The van der Waals surface area contributed by atoms with Gasteiger partial charge in [0, 0.05) is 17.2 Å². The topological polar surface area (TPSA) is 31.9 Å². The lowest BCUT2D eigenvalue weighted by Crippen LogP contribution is -2.34. The molecule has 1 aliphatic heterocycles. The fourth-order valence-corrected chi connectivity index (χ4v) is 3.99. The Morgan fingerprint density at radius 2 is 2.00 bits per heavy atom. The number of nitrogens with zero attached hydrogens (tertiary/aromatic N) is 2. The third-order valence-electron chi connectivity index (χ3n) is 4.92. The van der Waals surface area contributed by atoms with Crippen LogP contribution in [0.3, 0.4) is 0 Å². The van der Waals surface area contributed by atoms with Crippen LogP contribution < -0.4 is 0 Å². The number of H-pyrrole nitrogens is 1. The highest BCUT2D eigenvalue weighted by Crippen LogP contribution is 2.34. The van der Waals surface area contributed by atoms with E-state index in [-0.39, 0.29) is 0 Å². The molecule has 3 rings (SSSR count). The standard InChI is InChI=1S/C19H27N3S/c1-15-6-3-4-7-17(15)18-14-20-21-19(18)16-8-11-22(12-9-16)10-5-13-23-2/h3-4,6-7,14,16H,5,8-13H2,1-2H3,(H,20,21). The summed E-state index contributed by atoms with van der Waals surface area (Å²) in [5.74, 6) is 1.89. The molecule has 4 heteroatoms. The van der Waals surface area contributed by atoms with Crippen LogP contribution >= 0.6 is 11.8 Å². The third-order valence-corrected chi connectivity index (χ3v) is 5.62. The van der Waals surface area contributed by atoms with Crippen molar-refractivity contribution in [1.29, 1.82) is 0 Å². The molecular weight excluding hydrogens is 302 g/mol. The molecule has 0 amide bonds. The van der Waals surface area contributed by atoms with E-state index in [0.29, 0.717) is 5.92 Å². The normalized spacial score (nSPS) is 16.8. The van der Waals surface area contributed by atoms with Gasteiger partial charge in [0.15, 0.2) is 0 Å². The average Bonchev–Trinajstić information content (AvgIpc) is 3.05. The van der Waals surface area contributed by atoms with Gasteiger partial charge in [-0.3, -0.25) is 5.10 Å². The highest BCUT2D eigenvalue weighted by atomic mass is 32.2. The molecule has 0 radical (unpaired) electrons. The second-order valence-electron chi connectivity index (χ2n) is 6.47. The van der Waals surface area contributed by atoms with Crippen LogP contribution in [0, 0.1) is 6.92 Å². The van der Waals surface area contributed by atoms with E-state index in [9.17, 15) is 0 Å². The number of thioether (sulfide) groups is 1. The molecular formula is C19H27N3S. The van der Waals surface area contributed by atoms with Gasteiger partial charge in [0.05, 0.1) is 6.20 Å². The lowest BCUT2D eigenvalue weighted by atomic mass is 9.88. The van der Waals surface area contributed by atoms with E-state index >= 15 is 0 Å². The van der Waals surface area contributed by atoms with Crippen molar-refractivity contribution in [1.82, 2.24) is 15.1 Å². The summed E-state index contributed by atoms with van der Waals surface area (Å²) in [5.41, 5.74) is 5.27. The van der Waals surface area contributed by atoms with Crippen LogP contribution in [0.25, 0.3) is 11.1 Å². The summed E-state index contributed by atoms with van der Waals surface area (Å²) in [4.78, 5) is 2.62. The summed E-state index contributed by atoms with van der Waals surface area (Å²) in [7, 11) is 0. The molecule has 0 spiro atoms. The number of benzene rings is 1. The zero-order chi connectivity index (χ0) is 16.1. The molecule has 0 bridgehead atoms. The number of piperidine rings is 1. The van der Waals surface area contributed by atoms with E-state index in [1.165, 1.54) is 67.0 Å². The second-order valence-corrected chi connectivity index (χ2v) is 7.46. The first-order valence-corrected chi connectivity index (χ1v) is 9.99. The van der Waals surface area contributed by atoms with E-state index < -0.39 is 0 Å². The van der Waals surface area contributed by atoms with E-state index in [4.69, 9.17) is 0 Å². The van der Waals surface area contributed by atoms with Gasteiger partial charge in [-0.15, -0.1) is 0 Å². The van der Waals surface area contributed by atoms with Gasteiger partial charge in [0.1, 0.15) is 0 Å². The molecule has 1 aromatic carbocycles. The molecule has 0 aliphatic carbocycles. The van der Waals surface area contributed by atoms with Gasteiger partial charge in [0.2, 0.25) is 0 Å². The summed E-state index contributed by atoms with van der Waals surface area (Å²) in [6, 6.07) is 8.61. The fraction of sp³-hybridized carbons (Fsp3) is 0.526. The van der Waals surface area contributed by atoms with Crippen molar-refractivity contribution in [2.24, 2.45) is 0 Å². The maximum Gasteiger partial charge on any atom is 0.0568 e. The first kappa shape index (κ1) is 16.6. The summed E-state index contributed by atoms with van der Waals surface area (Å²) in [6.07, 6.45) is 7.98. The first-order valence-electron chi connectivity index (χ1n) is 8.60. The quantitative estimate of drug-likeness (QED) is 0.801. The van der Waals surface area contributed by atoms with Crippen LogP contribution in [0.15, 0.2) is 30.5 Å².